The Labute approximate surface area is 143 Å². The molecule has 3 aromatic rings. The predicted molar refractivity (Wildman–Crippen MR) is 91.9 cm³/mol. The summed E-state index contributed by atoms with van der Waals surface area (Å²) in [6, 6.07) is 7.31. The summed E-state index contributed by atoms with van der Waals surface area (Å²) in [5.41, 5.74) is 2.27. The summed E-state index contributed by atoms with van der Waals surface area (Å²) >= 11 is 0. The van der Waals surface area contributed by atoms with Crippen LogP contribution in [0, 0.1) is 13.8 Å². The average Bonchev–Trinajstić information content (AvgIpc) is 2.59. The molecule has 3 rings (SSSR count). The molecule has 0 aliphatic heterocycles. The van der Waals surface area contributed by atoms with Crippen molar-refractivity contribution in [2.24, 2.45) is 0 Å². The van der Waals surface area contributed by atoms with Gasteiger partial charge in [-0.05, 0) is 49.2 Å². The fraction of sp³-hybridized carbons (Fsp3) is 0.211. The molecule has 1 N–H and O–H groups in total. The van der Waals surface area contributed by atoms with Crippen LogP contribution in [0.3, 0.4) is 0 Å². The molecular formula is C19H17NO5. The molecule has 0 saturated heterocycles. The number of carbonyl (C=O) groups is 1. The maximum absolute atomic E-state index is 12.2. The van der Waals surface area contributed by atoms with Crippen LogP contribution in [-0.4, -0.2) is 16.1 Å². The number of hydrogen-bond donors (Lipinski definition) is 1. The fourth-order valence-corrected chi connectivity index (χ4v) is 2.72. The fourth-order valence-electron chi connectivity index (χ4n) is 2.72. The number of fused-ring (bicyclic) bond motifs is 1. The van der Waals surface area contributed by atoms with Gasteiger partial charge in [0, 0.05) is 23.3 Å². The number of carboxylic acid groups (broad SMARTS) is 1. The first-order valence-corrected chi connectivity index (χ1v) is 7.76. The Hall–Kier alpha value is -3.15. The van der Waals surface area contributed by atoms with Crippen molar-refractivity contribution in [3.8, 4) is 5.75 Å². The van der Waals surface area contributed by atoms with E-state index in [4.69, 9.17) is 14.3 Å². The Morgan fingerprint density at radius 3 is 2.56 bits per heavy atom. The lowest BCUT2D eigenvalue weighted by atomic mass is 10.0. The topological polar surface area (TPSA) is 89.6 Å². The van der Waals surface area contributed by atoms with E-state index in [2.05, 4.69) is 4.98 Å². The third-order valence-corrected chi connectivity index (χ3v) is 4.13. The first-order valence-electron chi connectivity index (χ1n) is 7.76. The second-order valence-corrected chi connectivity index (χ2v) is 5.77. The van der Waals surface area contributed by atoms with Crippen LogP contribution < -0.4 is 10.4 Å². The predicted octanol–water partition coefficient (Wildman–Crippen LogP) is 3.01. The zero-order chi connectivity index (χ0) is 18.0. The highest BCUT2D eigenvalue weighted by molar-refractivity contribution is 5.86. The Morgan fingerprint density at radius 1 is 1.16 bits per heavy atom. The van der Waals surface area contributed by atoms with E-state index in [1.165, 1.54) is 0 Å². The number of ether oxygens (including phenoxy) is 1. The highest BCUT2D eigenvalue weighted by Crippen LogP contribution is 2.30. The molecule has 0 radical (unpaired) electrons. The van der Waals surface area contributed by atoms with E-state index in [0.29, 0.717) is 34.5 Å². The SMILES string of the molecule is Cc1c(CC(=O)O)c(=O)oc2c(C)c(OCc3ccncc3)ccc12. The van der Waals surface area contributed by atoms with Crippen molar-refractivity contribution < 1.29 is 19.1 Å². The van der Waals surface area contributed by atoms with Gasteiger partial charge in [-0.2, -0.15) is 0 Å². The van der Waals surface area contributed by atoms with E-state index >= 15 is 0 Å². The second-order valence-electron chi connectivity index (χ2n) is 5.77. The Bertz CT molecular complexity index is 992. The smallest absolute Gasteiger partial charge is 0.340 e. The zero-order valence-electron chi connectivity index (χ0n) is 13.9. The van der Waals surface area contributed by atoms with Gasteiger partial charge in [-0.25, -0.2) is 4.79 Å². The number of aliphatic carboxylic acids is 1. The molecule has 0 aliphatic rings. The number of aromatic nitrogens is 1. The van der Waals surface area contributed by atoms with Gasteiger partial charge in [0.05, 0.1) is 12.0 Å². The van der Waals surface area contributed by atoms with Gasteiger partial charge in [0.2, 0.25) is 0 Å². The van der Waals surface area contributed by atoms with Gasteiger partial charge < -0.3 is 14.3 Å². The van der Waals surface area contributed by atoms with Gasteiger partial charge in [-0.15, -0.1) is 0 Å². The van der Waals surface area contributed by atoms with Gasteiger partial charge >= 0.3 is 11.6 Å². The second kappa shape index (κ2) is 6.76. The van der Waals surface area contributed by atoms with E-state index in [0.717, 1.165) is 5.56 Å². The minimum atomic E-state index is -1.07. The molecule has 0 unspecified atom stereocenters. The van der Waals surface area contributed by atoms with E-state index in [-0.39, 0.29) is 12.0 Å². The minimum Gasteiger partial charge on any atom is -0.488 e. The molecule has 0 spiro atoms. The van der Waals surface area contributed by atoms with Crippen molar-refractivity contribution in [1.82, 2.24) is 4.98 Å². The van der Waals surface area contributed by atoms with Crippen LogP contribution in [0.1, 0.15) is 22.3 Å². The van der Waals surface area contributed by atoms with Gasteiger partial charge in [0.25, 0.3) is 0 Å². The maximum atomic E-state index is 12.2. The molecule has 0 aliphatic carbocycles. The normalized spacial score (nSPS) is 10.8. The van der Waals surface area contributed by atoms with Crippen LogP contribution in [-0.2, 0) is 17.8 Å². The Kier molecular flexibility index (Phi) is 4.52. The van der Waals surface area contributed by atoms with Crippen molar-refractivity contribution in [1.29, 1.82) is 0 Å². The molecule has 6 nitrogen and oxygen atoms in total. The molecule has 0 amide bonds. The Balaban J connectivity index is 2.00. The van der Waals surface area contributed by atoms with Crippen LogP contribution in [0.2, 0.25) is 0 Å². The number of rotatable bonds is 5. The summed E-state index contributed by atoms with van der Waals surface area (Å²) in [5, 5.41) is 9.67. The third-order valence-electron chi connectivity index (χ3n) is 4.13. The Morgan fingerprint density at radius 2 is 1.88 bits per heavy atom. The summed E-state index contributed by atoms with van der Waals surface area (Å²) < 4.78 is 11.2. The summed E-state index contributed by atoms with van der Waals surface area (Å²) in [6.07, 6.45) is 3.03. The lowest BCUT2D eigenvalue weighted by Gasteiger charge is -2.13. The number of nitrogens with zero attached hydrogens (tertiary/aromatic N) is 1. The summed E-state index contributed by atoms with van der Waals surface area (Å²) in [7, 11) is 0. The molecule has 0 saturated carbocycles. The molecule has 2 heterocycles. The van der Waals surface area contributed by atoms with Crippen molar-refractivity contribution in [2.45, 2.75) is 26.9 Å². The molecule has 0 fully saturated rings. The number of pyridine rings is 1. The number of aryl methyl sites for hydroxylation is 2. The van der Waals surface area contributed by atoms with Crippen LogP contribution in [0.15, 0.2) is 45.9 Å². The molecule has 6 heteroatoms. The number of carboxylic acids is 1. The van der Waals surface area contributed by atoms with Crippen molar-refractivity contribution >= 4 is 16.9 Å². The minimum absolute atomic E-state index is 0.171. The van der Waals surface area contributed by atoms with E-state index < -0.39 is 11.6 Å². The maximum Gasteiger partial charge on any atom is 0.340 e. The average molecular weight is 339 g/mol. The molecule has 0 atom stereocenters. The van der Waals surface area contributed by atoms with Crippen LogP contribution in [0.5, 0.6) is 5.75 Å². The molecule has 128 valence electrons. The zero-order valence-corrected chi connectivity index (χ0v) is 13.9. The van der Waals surface area contributed by atoms with Crippen LogP contribution >= 0.6 is 0 Å². The quantitative estimate of drug-likeness (QED) is 0.719. The molecule has 25 heavy (non-hydrogen) atoms. The highest BCUT2D eigenvalue weighted by Gasteiger charge is 2.17. The number of benzene rings is 1. The van der Waals surface area contributed by atoms with Gasteiger partial charge in [0.1, 0.15) is 17.9 Å². The van der Waals surface area contributed by atoms with Crippen molar-refractivity contribution in [2.75, 3.05) is 0 Å². The lowest BCUT2D eigenvalue weighted by Crippen LogP contribution is -2.15. The van der Waals surface area contributed by atoms with Crippen LogP contribution in [0.25, 0.3) is 11.0 Å². The first-order chi connectivity index (χ1) is 12.0. The summed E-state index contributed by atoms with van der Waals surface area (Å²) in [6.45, 7) is 3.91. The summed E-state index contributed by atoms with van der Waals surface area (Å²) in [4.78, 5) is 27.1. The van der Waals surface area contributed by atoms with Crippen molar-refractivity contribution in [3.63, 3.8) is 0 Å². The van der Waals surface area contributed by atoms with Gasteiger partial charge in [-0.1, -0.05) is 0 Å². The first kappa shape index (κ1) is 16.7. The summed E-state index contributed by atoms with van der Waals surface area (Å²) in [5.74, 6) is -0.457. The van der Waals surface area contributed by atoms with E-state index in [9.17, 15) is 9.59 Å². The standard InChI is InChI=1S/C19H17NO5/c1-11-14-3-4-16(24-10-13-5-7-20-8-6-13)12(2)18(14)25-19(23)15(11)9-17(21)22/h3-8H,9-10H2,1-2H3,(H,21,22). The van der Waals surface area contributed by atoms with Crippen molar-refractivity contribution in [3.05, 3.63) is 69.3 Å². The monoisotopic (exact) mass is 339 g/mol. The largest absolute Gasteiger partial charge is 0.488 e. The molecule has 1 aromatic carbocycles. The molecule has 0 bridgehead atoms. The van der Waals surface area contributed by atoms with Gasteiger partial charge in [0.15, 0.2) is 0 Å². The molecular weight excluding hydrogens is 322 g/mol. The van der Waals surface area contributed by atoms with E-state index in [1.54, 1.807) is 31.5 Å². The van der Waals surface area contributed by atoms with Gasteiger partial charge in [-0.3, -0.25) is 9.78 Å². The molecule has 2 aromatic heterocycles. The van der Waals surface area contributed by atoms with Crippen LogP contribution in [0.4, 0.5) is 0 Å². The number of hydrogen-bond acceptors (Lipinski definition) is 5. The highest BCUT2D eigenvalue weighted by atomic mass is 16.5. The third kappa shape index (κ3) is 3.38. The van der Waals surface area contributed by atoms with E-state index in [1.807, 2.05) is 19.1 Å². The lowest BCUT2D eigenvalue weighted by molar-refractivity contribution is -0.136.